The Kier molecular flexibility index (Phi) is 7.20. The minimum absolute atomic E-state index is 0.0234. The van der Waals surface area contributed by atoms with Crippen LogP contribution in [0.25, 0.3) is 10.2 Å². The number of nitrogens with zero attached hydrogens (tertiary/aromatic N) is 3. The summed E-state index contributed by atoms with van der Waals surface area (Å²) in [5, 5.41) is 11.2. The van der Waals surface area contributed by atoms with Crippen molar-refractivity contribution in [2.75, 3.05) is 19.8 Å². The summed E-state index contributed by atoms with van der Waals surface area (Å²) in [4.78, 5) is 28.0. The Morgan fingerprint density at radius 1 is 1.27 bits per heavy atom. The fourth-order valence-electron chi connectivity index (χ4n) is 2.90. The molecule has 0 atom stereocenters. The number of fused-ring (bicyclic) bond motifs is 1. The first-order valence-electron chi connectivity index (χ1n) is 9.32. The third-order valence-electron chi connectivity index (χ3n) is 4.22. The number of aromatic nitrogens is 1. The molecule has 0 saturated carbocycles. The number of carbonyl (C=O) groups excluding carboxylic acids is 1. The van der Waals surface area contributed by atoms with Gasteiger partial charge in [0, 0.05) is 25.3 Å². The number of nitro benzene ring substituents is 1. The third kappa shape index (κ3) is 4.69. The Hall–Kier alpha value is -2.75. The molecule has 8 nitrogen and oxygen atoms in total. The summed E-state index contributed by atoms with van der Waals surface area (Å²) in [5.41, 5.74) is 0.572. The molecule has 3 aromatic rings. The summed E-state index contributed by atoms with van der Waals surface area (Å²) in [6.45, 7) is 5.76. The van der Waals surface area contributed by atoms with E-state index in [1.54, 1.807) is 0 Å². The molecule has 0 aliphatic carbocycles. The molecule has 0 spiro atoms. The maximum Gasteiger partial charge on any atom is 0.281 e. The number of halogens is 1. The van der Waals surface area contributed by atoms with Crippen molar-refractivity contribution in [1.29, 1.82) is 0 Å². The van der Waals surface area contributed by atoms with Crippen LogP contribution in [0.4, 0.5) is 5.69 Å². The first kappa shape index (κ1) is 21.9. The zero-order valence-corrected chi connectivity index (χ0v) is 18.0. The Morgan fingerprint density at radius 2 is 2.07 bits per heavy atom. The summed E-state index contributed by atoms with van der Waals surface area (Å²) in [6.07, 6.45) is 0. The van der Waals surface area contributed by atoms with Crippen molar-refractivity contribution in [2.24, 2.45) is 4.99 Å². The van der Waals surface area contributed by atoms with E-state index in [1.165, 1.54) is 23.5 Å². The predicted molar refractivity (Wildman–Crippen MR) is 115 cm³/mol. The molecular weight excluding hydrogens is 430 g/mol. The number of para-hydroxylation sites is 1. The van der Waals surface area contributed by atoms with Crippen LogP contribution in [-0.2, 0) is 11.3 Å². The van der Waals surface area contributed by atoms with Crippen LogP contribution in [0.15, 0.2) is 41.4 Å². The summed E-state index contributed by atoms with van der Waals surface area (Å²) >= 11 is 7.43. The molecule has 1 aromatic heterocycles. The Morgan fingerprint density at radius 3 is 2.77 bits per heavy atom. The predicted octanol–water partition coefficient (Wildman–Crippen LogP) is 4.44. The number of non-ortho nitro benzene ring substituents is 1. The fraction of sp³-hybridized carbons (Fsp3) is 0.300. The molecule has 0 radical (unpaired) electrons. The fourth-order valence-corrected chi connectivity index (χ4v) is 4.17. The molecule has 0 aliphatic heterocycles. The van der Waals surface area contributed by atoms with Gasteiger partial charge in [-0.1, -0.05) is 29.0 Å². The van der Waals surface area contributed by atoms with Crippen LogP contribution in [-0.4, -0.2) is 35.2 Å². The molecule has 158 valence electrons. The van der Waals surface area contributed by atoms with Crippen LogP contribution in [0.1, 0.15) is 24.2 Å². The van der Waals surface area contributed by atoms with Crippen molar-refractivity contribution in [2.45, 2.75) is 20.4 Å². The summed E-state index contributed by atoms with van der Waals surface area (Å²) in [7, 11) is 0. The molecular formula is C20H20ClN3O5S. The van der Waals surface area contributed by atoms with Gasteiger partial charge >= 0.3 is 0 Å². The maximum atomic E-state index is 12.8. The normalized spacial score (nSPS) is 11.8. The van der Waals surface area contributed by atoms with E-state index >= 15 is 0 Å². The largest absolute Gasteiger partial charge is 0.492 e. The number of thiazole rings is 1. The zero-order chi connectivity index (χ0) is 21.7. The molecule has 2 aromatic carbocycles. The second kappa shape index (κ2) is 9.84. The van der Waals surface area contributed by atoms with Crippen molar-refractivity contribution >= 4 is 44.7 Å². The van der Waals surface area contributed by atoms with Crippen LogP contribution < -0.4 is 9.54 Å². The van der Waals surface area contributed by atoms with Crippen LogP contribution in [0.2, 0.25) is 5.02 Å². The average molecular weight is 450 g/mol. The number of rotatable bonds is 8. The van der Waals surface area contributed by atoms with Crippen molar-refractivity contribution < 1.29 is 19.2 Å². The van der Waals surface area contributed by atoms with E-state index in [-0.39, 0.29) is 16.3 Å². The average Bonchev–Trinajstić information content (AvgIpc) is 3.06. The molecule has 0 unspecified atom stereocenters. The van der Waals surface area contributed by atoms with E-state index in [1.807, 2.05) is 36.6 Å². The standard InChI is InChI=1S/C20H20ClN3O5S/c1-3-28-11-10-23-18-16(29-4-2)6-5-7-17(18)30-20(23)22-19(25)14-12-13(24(26)27)8-9-15(14)21/h5-9,12H,3-4,10-11H2,1-2H3. The van der Waals surface area contributed by atoms with E-state index in [2.05, 4.69) is 4.99 Å². The van der Waals surface area contributed by atoms with Gasteiger partial charge < -0.3 is 14.0 Å². The lowest BCUT2D eigenvalue weighted by atomic mass is 10.2. The van der Waals surface area contributed by atoms with E-state index in [0.717, 1.165) is 16.3 Å². The van der Waals surface area contributed by atoms with E-state index < -0.39 is 10.8 Å². The van der Waals surface area contributed by atoms with Crippen molar-refractivity contribution in [3.05, 3.63) is 61.9 Å². The van der Waals surface area contributed by atoms with Crippen molar-refractivity contribution in [3.8, 4) is 5.75 Å². The number of amides is 1. The maximum absolute atomic E-state index is 12.8. The summed E-state index contributed by atoms with van der Waals surface area (Å²) in [6, 6.07) is 9.36. The molecule has 0 bridgehead atoms. The van der Waals surface area contributed by atoms with Crippen LogP contribution in [0, 0.1) is 10.1 Å². The third-order valence-corrected chi connectivity index (χ3v) is 5.59. The second-order valence-electron chi connectivity index (χ2n) is 6.11. The highest BCUT2D eigenvalue weighted by Gasteiger charge is 2.17. The van der Waals surface area contributed by atoms with Crippen LogP contribution >= 0.6 is 22.9 Å². The SMILES string of the molecule is CCOCCn1c(=NC(=O)c2cc([N+](=O)[O-])ccc2Cl)sc2cccc(OCC)c21. The van der Waals surface area contributed by atoms with Gasteiger partial charge in [0.05, 0.1) is 33.4 Å². The van der Waals surface area contributed by atoms with Gasteiger partial charge in [-0.25, -0.2) is 0 Å². The smallest absolute Gasteiger partial charge is 0.281 e. The molecule has 10 heteroatoms. The molecule has 1 amide bonds. The van der Waals surface area contributed by atoms with Crippen LogP contribution in [0.3, 0.4) is 0 Å². The van der Waals surface area contributed by atoms with Crippen LogP contribution in [0.5, 0.6) is 5.75 Å². The van der Waals surface area contributed by atoms with Gasteiger partial charge in [-0.2, -0.15) is 4.99 Å². The number of nitro groups is 1. The van der Waals surface area contributed by atoms with E-state index in [0.29, 0.717) is 36.9 Å². The van der Waals surface area contributed by atoms with Gasteiger partial charge in [0.1, 0.15) is 11.3 Å². The van der Waals surface area contributed by atoms with Gasteiger partial charge in [-0.3, -0.25) is 14.9 Å². The number of benzene rings is 2. The monoisotopic (exact) mass is 449 g/mol. The zero-order valence-electron chi connectivity index (χ0n) is 16.5. The van der Waals surface area contributed by atoms with Gasteiger partial charge in [0.15, 0.2) is 4.80 Å². The topological polar surface area (TPSA) is 96.0 Å². The lowest BCUT2D eigenvalue weighted by Gasteiger charge is -2.10. The second-order valence-corrected chi connectivity index (χ2v) is 7.52. The molecule has 1 heterocycles. The number of carbonyl (C=O) groups is 1. The number of hydrogen-bond acceptors (Lipinski definition) is 6. The Balaban J connectivity index is 2.14. The quantitative estimate of drug-likeness (QED) is 0.288. The highest BCUT2D eigenvalue weighted by atomic mass is 35.5. The molecule has 0 N–H and O–H groups in total. The first-order valence-corrected chi connectivity index (χ1v) is 10.5. The lowest BCUT2D eigenvalue weighted by Crippen LogP contribution is -2.20. The van der Waals surface area contributed by atoms with E-state index in [9.17, 15) is 14.9 Å². The van der Waals surface area contributed by atoms with Gasteiger partial charge in [0.2, 0.25) is 0 Å². The van der Waals surface area contributed by atoms with E-state index in [4.69, 9.17) is 21.1 Å². The van der Waals surface area contributed by atoms with Gasteiger partial charge in [-0.05, 0) is 32.0 Å². The summed E-state index contributed by atoms with van der Waals surface area (Å²) < 4.78 is 14.0. The van der Waals surface area contributed by atoms with Crippen molar-refractivity contribution in [1.82, 2.24) is 4.57 Å². The molecule has 0 fully saturated rings. The van der Waals surface area contributed by atoms with Crippen molar-refractivity contribution in [3.63, 3.8) is 0 Å². The molecule has 0 saturated heterocycles. The molecule has 30 heavy (non-hydrogen) atoms. The summed E-state index contributed by atoms with van der Waals surface area (Å²) in [5.74, 6) is 0.0309. The van der Waals surface area contributed by atoms with Gasteiger partial charge in [-0.15, -0.1) is 0 Å². The number of hydrogen-bond donors (Lipinski definition) is 0. The number of ether oxygens (including phenoxy) is 2. The Bertz CT molecular complexity index is 1160. The first-order chi connectivity index (χ1) is 14.5. The minimum atomic E-state index is -0.654. The minimum Gasteiger partial charge on any atom is -0.492 e. The van der Waals surface area contributed by atoms with Gasteiger partial charge in [0.25, 0.3) is 11.6 Å². The molecule has 0 aliphatic rings. The molecule has 3 rings (SSSR count). The lowest BCUT2D eigenvalue weighted by molar-refractivity contribution is -0.384. The highest BCUT2D eigenvalue weighted by Crippen LogP contribution is 2.28. The highest BCUT2D eigenvalue weighted by molar-refractivity contribution is 7.16. The Labute approximate surface area is 181 Å².